The molecule has 1 aliphatic carbocycles. The molecule has 1 aromatic heterocycles. The lowest BCUT2D eigenvalue weighted by Crippen LogP contribution is -2.40. The Morgan fingerprint density at radius 3 is 1.81 bits per heavy atom. The summed E-state index contributed by atoms with van der Waals surface area (Å²) in [5, 5.41) is 0. The Bertz CT molecular complexity index is 832. The highest BCUT2D eigenvalue weighted by Gasteiger charge is 2.50. The van der Waals surface area contributed by atoms with Crippen molar-refractivity contribution in [3.05, 3.63) is 89.2 Å². The van der Waals surface area contributed by atoms with Gasteiger partial charge in [0, 0.05) is 11.6 Å². The molecule has 1 heterocycles. The molecule has 0 bridgehead atoms. The highest BCUT2D eigenvalue weighted by Crippen LogP contribution is 2.61. The van der Waals surface area contributed by atoms with Crippen LogP contribution in [0.4, 0.5) is 0 Å². The molecule has 2 atom stereocenters. The van der Waals surface area contributed by atoms with Crippen LogP contribution in [0.15, 0.2) is 66.7 Å². The Morgan fingerprint density at radius 2 is 1.31 bits per heavy atom. The van der Waals surface area contributed by atoms with Gasteiger partial charge in [0.15, 0.2) is 0 Å². The number of hydrogen-bond donors (Lipinski definition) is 0. The van der Waals surface area contributed by atoms with E-state index in [1.165, 1.54) is 11.1 Å². The summed E-state index contributed by atoms with van der Waals surface area (Å²) >= 11 is 0. The van der Waals surface area contributed by atoms with E-state index in [9.17, 15) is 0 Å². The summed E-state index contributed by atoms with van der Waals surface area (Å²) in [5.74, 6) is 1.76. The summed E-state index contributed by atoms with van der Waals surface area (Å²) < 4.78 is 5.34. The van der Waals surface area contributed by atoms with Crippen LogP contribution in [0.1, 0.15) is 47.2 Å². The lowest BCUT2D eigenvalue weighted by Gasteiger charge is -2.51. The number of aryl methyl sites for hydroxylation is 1. The lowest BCUT2D eigenvalue weighted by molar-refractivity contribution is 0.169. The first-order valence-electron chi connectivity index (χ1n) is 9.18. The van der Waals surface area contributed by atoms with Crippen molar-refractivity contribution >= 4 is 0 Å². The van der Waals surface area contributed by atoms with E-state index in [1.54, 1.807) is 7.11 Å². The molecular formula is C23H24N2O. The molecule has 3 nitrogen and oxygen atoms in total. The maximum atomic E-state index is 5.34. The van der Waals surface area contributed by atoms with Gasteiger partial charge >= 0.3 is 6.01 Å². The Morgan fingerprint density at radius 1 is 0.769 bits per heavy atom. The zero-order valence-corrected chi connectivity index (χ0v) is 15.5. The van der Waals surface area contributed by atoms with Gasteiger partial charge in [-0.3, -0.25) is 0 Å². The fraction of sp³-hybridized carbons (Fsp3) is 0.304. The third kappa shape index (κ3) is 2.88. The predicted octanol–water partition coefficient (Wildman–Crippen LogP) is 5.09. The van der Waals surface area contributed by atoms with Gasteiger partial charge in [-0.25, -0.2) is 4.98 Å². The first-order chi connectivity index (χ1) is 12.7. The van der Waals surface area contributed by atoms with Crippen LogP contribution in [0.3, 0.4) is 0 Å². The highest BCUT2D eigenvalue weighted by molar-refractivity contribution is 5.40. The van der Waals surface area contributed by atoms with Crippen molar-refractivity contribution in [2.75, 3.05) is 7.11 Å². The van der Waals surface area contributed by atoms with Crippen LogP contribution < -0.4 is 4.74 Å². The van der Waals surface area contributed by atoms with Crippen LogP contribution in [0, 0.1) is 12.8 Å². The smallest absolute Gasteiger partial charge is 0.316 e. The molecule has 0 radical (unpaired) electrons. The van der Waals surface area contributed by atoms with Gasteiger partial charge in [-0.2, -0.15) is 4.98 Å². The Kier molecular flexibility index (Phi) is 4.46. The zero-order valence-electron chi connectivity index (χ0n) is 15.5. The second-order valence-corrected chi connectivity index (χ2v) is 7.18. The van der Waals surface area contributed by atoms with Crippen molar-refractivity contribution in [1.29, 1.82) is 0 Å². The molecule has 0 unspecified atom stereocenters. The third-order valence-corrected chi connectivity index (χ3v) is 5.65. The van der Waals surface area contributed by atoms with Crippen molar-refractivity contribution in [2.45, 2.75) is 31.6 Å². The van der Waals surface area contributed by atoms with Gasteiger partial charge in [-0.05, 0) is 41.9 Å². The first-order valence-corrected chi connectivity index (χ1v) is 9.18. The summed E-state index contributed by atoms with van der Waals surface area (Å²) in [6.07, 6.45) is 0. The van der Waals surface area contributed by atoms with E-state index in [2.05, 4.69) is 78.6 Å². The molecule has 1 fully saturated rings. The summed E-state index contributed by atoms with van der Waals surface area (Å²) in [4.78, 5) is 9.10. The van der Waals surface area contributed by atoms with Gasteiger partial charge in [0.25, 0.3) is 0 Å². The molecule has 0 saturated heterocycles. The van der Waals surface area contributed by atoms with Crippen molar-refractivity contribution in [1.82, 2.24) is 9.97 Å². The van der Waals surface area contributed by atoms with Crippen LogP contribution in [0.2, 0.25) is 0 Å². The van der Waals surface area contributed by atoms with Crippen molar-refractivity contribution in [2.24, 2.45) is 5.92 Å². The van der Waals surface area contributed by atoms with Gasteiger partial charge in [0.1, 0.15) is 0 Å². The van der Waals surface area contributed by atoms with Crippen LogP contribution in [-0.2, 0) is 0 Å². The summed E-state index contributed by atoms with van der Waals surface area (Å²) in [6.45, 7) is 4.36. The van der Waals surface area contributed by atoms with Crippen LogP contribution in [-0.4, -0.2) is 17.1 Å². The monoisotopic (exact) mass is 344 g/mol. The van der Waals surface area contributed by atoms with Crippen LogP contribution in [0.25, 0.3) is 0 Å². The van der Waals surface area contributed by atoms with Crippen LogP contribution in [0.5, 0.6) is 6.01 Å². The van der Waals surface area contributed by atoms with Crippen molar-refractivity contribution < 1.29 is 4.74 Å². The molecule has 0 amide bonds. The average molecular weight is 344 g/mol. The van der Waals surface area contributed by atoms with E-state index >= 15 is 0 Å². The Balaban J connectivity index is 1.80. The Hall–Kier alpha value is -2.68. The topological polar surface area (TPSA) is 35.0 Å². The number of ether oxygens (including phenoxy) is 1. The maximum Gasteiger partial charge on any atom is 0.316 e. The number of benzene rings is 2. The van der Waals surface area contributed by atoms with E-state index < -0.39 is 0 Å². The fourth-order valence-corrected chi connectivity index (χ4v) is 4.52. The number of nitrogens with zero attached hydrogens (tertiary/aromatic N) is 2. The molecular weight excluding hydrogens is 320 g/mol. The first kappa shape index (κ1) is 16.8. The second-order valence-electron chi connectivity index (χ2n) is 7.18. The van der Waals surface area contributed by atoms with Gasteiger partial charge in [-0.15, -0.1) is 0 Å². The largest absolute Gasteiger partial charge is 0.467 e. The molecule has 3 aromatic rings. The molecule has 3 heteroatoms. The quantitative estimate of drug-likeness (QED) is 0.661. The Labute approximate surface area is 155 Å². The fourth-order valence-electron chi connectivity index (χ4n) is 4.52. The number of rotatable bonds is 4. The van der Waals surface area contributed by atoms with E-state index in [4.69, 9.17) is 9.72 Å². The number of hydrogen-bond acceptors (Lipinski definition) is 3. The minimum Gasteiger partial charge on any atom is -0.467 e. The third-order valence-electron chi connectivity index (χ3n) is 5.65. The van der Waals surface area contributed by atoms with E-state index in [0.717, 1.165) is 11.4 Å². The minimum absolute atomic E-state index is 0.324. The SMILES string of the molecule is COc1nc(C)cc(C2[C@H](c3ccccc3)C(C)[C@H]2c2ccccc2)n1. The average Bonchev–Trinajstić information content (AvgIpc) is 2.67. The number of aromatic nitrogens is 2. The maximum absolute atomic E-state index is 5.34. The normalized spacial score (nSPS) is 24.7. The highest BCUT2D eigenvalue weighted by atomic mass is 16.5. The molecule has 2 aromatic carbocycles. The molecule has 4 rings (SSSR count). The summed E-state index contributed by atoms with van der Waals surface area (Å²) in [5.41, 5.74) is 4.79. The summed E-state index contributed by atoms with van der Waals surface area (Å²) in [6, 6.07) is 24.2. The van der Waals surface area contributed by atoms with Gasteiger partial charge < -0.3 is 4.74 Å². The standard InChI is InChI=1S/C23H24N2O/c1-15-14-19(25-23(24-15)26-3)22-20(17-10-6-4-7-11-17)16(2)21(22)18-12-8-5-9-13-18/h4-14,16,20-22H,1-3H3/t16?,20-,21-,22?/m0/s1. The lowest BCUT2D eigenvalue weighted by atomic mass is 9.52. The van der Waals surface area contributed by atoms with Crippen LogP contribution >= 0.6 is 0 Å². The van der Waals surface area contributed by atoms with Gasteiger partial charge in [-0.1, -0.05) is 67.6 Å². The molecule has 0 spiro atoms. The minimum atomic E-state index is 0.324. The molecule has 0 N–H and O–H groups in total. The molecule has 26 heavy (non-hydrogen) atoms. The molecule has 0 aliphatic heterocycles. The second kappa shape index (κ2) is 6.91. The molecule has 132 valence electrons. The van der Waals surface area contributed by atoms with E-state index in [1.807, 2.05) is 6.92 Å². The molecule has 1 aliphatic rings. The van der Waals surface area contributed by atoms with Gasteiger partial charge in [0.05, 0.1) is 12.8 Å². The van der Waals surface area contributed by atoms with E-state index in [-0.39, 0.29) is 0 Å². The van der Waals surface area contributed by atoms with Crippen molar-refractivity contribution in [3.63, 3.8) is 0 Å². The predicted molar refractivity (Wildman–Crippen MR) is 104 cm³/mol. The zero-order chi connectivity index (χ0) is 18.1. The van der Waals surface area contributed by atoms with Gasteiger partial charge in [0.2, 0.25) is 0 Å². The molecule has 1 saturated carbocycles. The number of methoxy groups -OCH3 is 1. The summed E-state index contributed by atoms with van der Waals surface area (Å²) in [7, 11) is 1.63. The van der Waals surface area contributed by atoms with Crippen molar-refractivity contribution in [3.8, 4) is 6.01 Å². The van der Waals surface area contributed by atoms with E-state index in [0.29, 0.717) is 29.7 Å².